The lowest BCUT2D eigenvalue weighted by Gasteiger charge is -2.22. The van der Waals surface area contributed by atoms with Crippen molar-refractivity contribution in [1.29, 1.82) is 0 Å². The first-order chi connectivity index (χ1) is 10.6. The molecule has 1 unspecified atom stereocenters. The van der Waals surface area contributed by atoms with Crippen LogP contribution in [0.5, 0.6) is 0 Å². The van der Waals surface area contributed by atoms with E-state index in [1.54, 1.807) is 29.5 Å². The Bertz CT molecular complexity index is 734. The number of aromatic nitrogens is 1. The average molecular weight is 332 g/mol. The molecular weight excluding hydrogens is 316 g/mol. The maximum atomic E-state index is 12.3. The number of para-hydroxylation sites is 1. The first-order valence-electron chi connectivity index (χ1n) is 6.92. The van der Waals surface area contributed by atoms with Crippen LogP contribution in [0, 0.1) is 0 Å². The van der Waals surface area contributed by atoms with Crippen LogP contribution < -0.4 is 0 Å². The number of thioether (sulfide) groups is 1. The van der Waals surface area contributed by atoms with E-state index in [0.29, 0.717) is 5.75 Å². The van der Waals surface area contributed by atoms with Crippen LogP contribution in [0.25, 0.3) is 10.2 Å². The predicted molar refractivity (Wildman–Crippen MR) is 90.2 cm³/mol. The Morgan fingerprint density at radius 1 is 1.36 bits per heavy atom. The van der Waals surface area contributed by atoms with Crippen molar-refractivity contribution in [1.82, 2.24) is 9.88 Å². The molecule has 4 nitrogen and oxygen atoms in total. The van der Waals surface area contributed by atoms with E-state index in [-0.39, 0.29) is 11.9 Å². The molecule has 114 valence electrons. The minimum absolute atomic E-state index is 0.0631. The minimum Gasteiger partial charge on any atom is -0.467 e. The Kier molecular flexibility index (Phi) is 4.49. The highest BCUT2D eigenvalue weighted by Gasteiger charge is 2.19. The summed E-state index contributed by atoms with van der Waals surface area (Å²) in [5.74, 6) is 1.23. The van der Waals surface area contributed by atoms with Gasteiger partial charge >= 0.3 is 0 Å². The summed E-state index contributed by atoms with van der Waals surface area (Å²) in [7, 11) is 1.80. The van der Waals surface area contributed by atoms with Gasteiger partial charge in [-0.25, -0.2) is 4.98 Å². The Labute approximate surface area is 137 Å². The lowest BCUT2D eigenvalue weighted by molar-refractivity contribution is -0.129. The third kappa shape index (κ3) is 3.18. The van der Waals surface area contributed by atoms with Gasteiger partial charge in [-0.2, -0.15) is 0 Å². The first kappa shape index (κ1) is 15.1. The van der Waals surface area contributed by atoms with Gasteiger partial charge < -0.3 is 9.32 Å². The number of carbonyl (C=O) groups is 1. The molecule has 2 heterocycles. The van der Waals surface area contributed by atoms with Gasteiger partial charge in [0.25, 0.3) is 0 Å². The van der Waals surface area contributed by atoms with Gasteiger partial charge in [-0.3, -0.25) is 4.79 Å². The van der Waals surface area contributed by atoms with Crippen LogP contribution in [0.2, 0.25) is 0 Å². The van der Waals surface area contributed by atoms with Crippen molar-refractivity contribution >= 4 is 39.2 Å². The van der Waals surface area contributed by atoms with Crippen LogP contribution in [0.4, 0.5) is 0 Å². The van der Waals surface area contributed by atoms with Crippen molar-refractivity contribution in [2.75, 3.05) is 12.8 Å². The summed E-state index contributed by atoms with van der Waals surface area (Å²) < 4.78 is 7.43. The van der Waals surface area contributed by atoms with E-state index in [1.165, 1.54) is 11.8 Å². The van der Waals surface area contributed by atoms with Gasteiger partial charge in [0, 0.05) is 7.05 Å². The Balaban J connectivity index is 1.61. The van der Waals surface area contributed by atoms with Crippen molar-refractivity contribution in [2.45, 2.75) is 17.3 Å². The maximum absolute atomic E-state index is 12.3. The number of hydrogen-bond acceptors (Lipinski definition) is 5. The number of thiazole rings is 1. The van der Waals surface area contributed by atoms with Gasteiger partial charge in [0.2, 0.25) is 5.91 Å². The summed E-state index contributed by atoms with van der Waals surface area (Å²) in [6.45, 7) is 1.96. The number of amides is 1. The average Bonchev–Trinajstić information content (AvgIpc) is 3.19. The van der Waals surface area contributed by atoms with E-state index in [0.717, 1.165) is 20.3 Å². The minimum atomic E-state index is -0.0709. The molecule has 0 N–H and O–H groups in total. The van der Waals surface area contributed by atoms with Gasteiger partial charge in [-0.05, 0) is 31.2 Å². The van der Waals surface area contributed by atoms with Crippen molar-refractivity contribution in [2.24, 2.45) is 0 Å². The van der Waals surface area contributed by atoms with E-state index < -0.39 is 0 Å². The predicted octanol–water partition coefficient (Wildman–Crippen LogP) is 4.20. The standard InChI is InChI=1S/C16H16N2O2S2/c1-11(13-7-5-9-20-13)18(2)15(19)10-21-16-17-12-6-3-4-8-14(12)22-16/h3-9,11H,10H2,1-2H3. The molecule has 0 fully saturated rings. The van der Waals surface area contributed by atoms with Crippen LogP contribution in [0.3, 0.4) is 0 Å². The summed E-state index contributed by atoms with van der Waals surface area (Å²) >= 11 is 3.10. The largest absolute Gasteiger partial charge is 0.467 e. The third-order valence-corrected chi connectivity index (χ3v) is 5.69. The van der Waals surface area contributed by atoms with Crippen LogP contribution in [0.1, 0.15) is 18.7 Å². The zero-order valence-electron chi connectivity index (χ0n) is 12.4. The van der Waals surface area contributed by atoms with Crippen LogP contribution in [0.15, 0.2) is 51.4 Å². The lowest BCUT2D eigenvalue weighted by atomic mass is 10.2. The summed E-state index contributed by atoms with van der Waals surface area (Å²) in [6, 6.07) is 11.7. The van der Waals surface area contributed by atoms with Crippen molar-refractivity contribution in [3.63, 3.8) is 0 Å². The number of carbonyl (C=O) groups excluding carboxylic acids is 1. The quantitative estimate of drug-likeness (QED) is 0.657. The van der Waals surface area contributed by atoms with Gasteiger partial charge in [0.15, 0.2) is 4.34 Å². The molecule has 0 aliphatic carbocycles. The van der Waals surface area contributed by atoms with Crippen molar-refractivity contribution < 1.29 is 9.21 Å². The number of nitrogens with zero attached hydrogens (tertiary/aromatic N) is 2. The second-order valence-electron chi connectivity index (χ2n) is 4.93. The number of hydrogen-bond donors (Lipinski definition) is 0. The highest BCUT2D eigenvalue weighted by molar-refractivity contribution is 8.01. The number of benzene rings is 1. The topological polar surface area (TPSA) is 46.3 Å². The monoisotopic (exact) mass is 332 g/mol. The van der Waals surface area contributed by atoms with Crippen LogP contribution in [-0.2, 0) is 4.79 Å². The summed E-state index contributed by atoms with van der Waals surface area (Å²) in [5.41, 5.74) is 0.986. The molecule has 0 bridgehead atoms. The fraction of sp³-hybridized carbons (Fsp3) is 0.250. The molecule has 0 saturated carbocycles. The molecule has 1 amide bonds. The summed E-state index contributed by atoms with van der Waals surface area (Å²) in [5, 5.41) is 0. The highest BCUT2D eigenvalue weighted by atomic mass is 32.2. The van der Waals surface area contributed by atoms with E-state index >= 15 is 0 Å². The molecule has 0 aliphatic heterocycles. The third-order valence-electron chi connectivity index (χ3n) is 3.52. The van der Waals surface area contributed by atoms with E-state index in [2.05, 4.69) is 4.98 Å². The molecule has 3 rings (SSSR count). The van der Waals surface area contributed by atoms with Crippen molar-refractivity contribution in [3.05, 3.63) is 48.4 Å². The molecule has 1 aromatic carbocycles. The molecule has 2 aromatic heterocycles. The van der Waals surface area contributed by atoms with Crippen LogP contribution >= 0.6 is 23.1 Å². The second kappa shape index (κ2) is 6.54. The first-order valence-corrected chi connectivity index (χ1v) is 8.73. The van der Waals surface area contributed by atoms with Gasteiger partial charge in [-0.1, -0.05) is 23.9 Å². The smallest absolute Gasteiger partial charge is 0.233 e. The molecule has 6 heteroatoms. The number of rotatable bonds is 5. The number of fused-ring (bicyclic) bond motifs is 1. The fourth-order valence-corrected chi connectivity index (χ4v) is 4.07. The van der Waals surface area contributed by atoms with E-state index in [4.69, 9.17) is 4.42 Å². The van der Waals surface area contributed by atoms with Crippen molar-refractivity contribution in [3.8, 4) is 0 Å². The zero-order valence-corrected chi connectivity index (χ0v) is 14.0. The lowest BCUT2D eigenvalue weighted by Crippen LogP contribution is -2.30. The van der Waals surface area contributed by atoms with Gasteiger partial charge in [0.05, 0.1) is 28.3 Å². The maximum Gasteiger partial charge on any atom is 0.233 e. The Morgan fingerprint density at radius 2 is 2.18 bits per heavy atom. The molecular formula is C16H16N2O2S2. The normalized spacial score (nSPS) is 12.5. The summed E-state index contributed by atoms with van der Waals surface area (Å²) in [4.78, 5) is 18.5. The molecule has 0 saturated heterocycles. The van der Waals surface area contributed by atoms with E-state index in [9.17, 15) is 4.79 Å². The van der Waals surface area contributed by atoms with Gasteiger partial charge in [-0.15, -0.1) is 11.3 Å². The molecule has 3 aromatic rings. The Hall–Kier alpha value is -1.79. The van der Waals surface area contributed by atoms with E-state index in [1.807, 2.05) is 43.3 Å². The fourth-order valence-electron chi connectivity index (χ4n) is 2.07. The molecule has 22 heavy (non-hydrogen) atoms. The molecule has 0 radical (unpaired) electrons. The molecule has 0 spiro atoms. The molecule has 0 aliphatic rings. The number of furan rings is 1. The summed E-state index contributed by atoms with van der Waals surface area (Å²) in [6.07, 6.45) is 1.63. The second-order valence-corrected chi connectivity index (χ2v) is 7.19. The Morgan fingerprint density at radius 3 is 2.91 bits per heavy atom. The molecule has 1 atom stereocenters. The SMILES string of the molecule is CC(c1ccco1)N(C)C(=O)CSc1nc2ccccc2s1. The van der Waals surface area contributed by atoms with Crippen LogP contribution in [-0.4, -0.2) is 28.6 Å². The zero-order chi connectivity index (χ0) is 15.5. The highest BCUT2D eigenvalue weighted by Crippen LogP contribution is 2.30. The van der Waals surface area contributed by atoms with Gasteiger partial charge in [0.1, 0.15) is 5.76 Å².